The van der Waals surface area contributed by atoms with Crippen LogP contribution >= 0.6 is 11.8 Å². The van der Waals surface area contributed by atoms with Crippen molar-refractivity contribution in [3.63, 3.8) is 0 Å². The smallest absolute Gasteiger partial charge is 0.0285 e. The summed E-state index contributed by atoms with van der Waals surface area (Å²) in [6.45, 7) is 5.32. The molecule has 3 fully saturated rings. The van der Waals surface area contributed by atoms with Crippen molar-refractivity contribution in [2.45, 2.75) is 42.9 Å². The van der Waals surface area contributed by atoms with Crippen LogP contribution in [-0.4, -0.2) is 48.1 Å². The third-order valence-electron chi connectivity index (χ3n) is 4.39. The fourth-order valence-electron chi connectivity index (χ4n) is 2.82. The van der Waals surface area contributed by atoms with Crippen LogP contribution in [0.1, 0.15) is 32.1 Å². The van der Waals surface area contributed by atoms with Gasteiger partial charge in [-0.25, -0.2) is 0 Å². The van der Waals surface area contributed by atoms with Crippen LogP contribution in [-0.2, 0) is 0 Å². The van der Waals surface area contributed by atoms with Gasteiger partial charge in [0.25, 0.3) is 0 Å². The number of hydrogen-bond donors (Lipinski definition) is 1. The molecule has 3 heteroatoms. The molecule has 1 unspecified atom stereocenters. The van der Waals surface area contributed by atoms with Gasteiger partial charge in [0.2, 0.25) is 0 Å². The van der Waals surface area contributed by atoms with E-state index in [9.17, 15) is 0 Å². The number of likely N-dealkylation sites (tertiary alicyclic amines) is 1. The lowest BCUT2D eigenvalue weighted by Crippen LogP contribution is -2.32. The molecule has 0 aromatic carbocycles. The van der Waals surface area contributed by atoms with Crippen LogP contribution in [0.25, 0.3) is 0 Å². The zero-order valence-electron chi connectivity index (χ0n) is 10.4. The van der Waals surface area contributed by atoms with Gasteiger partial charge in [-0.1, -0.05) is 0 Å². The molecule has 2 saturated carbocycles. The van der Waals surface area contributed by atoms with E-state index in [1.54, 1.807) is 0 Å². The highest BCUT2D eigenvalue weighted by Crippen LogP contribution is 2.48. The molecule has 1 N–H and O–H groups in total. The summed E-state index contributed by atoms with van der Waals surface area (Å²) in [5, 5.41) is 3.68. The summed E-state index contributed by atoms with van der Waals surface area (Å²) < 4.78 is 0.665. The third kappa shape index (κ3) is 2.74. The average Bonchev–Trinajstić information content (AvgIpc) is 3.19. The minimum Gasteiger partial charge on any atom is -0.314 e. The van der Waals surface area contributed by atoms with E-state index in [0.29, 0.717) is 4.75 Å². The van der Waals surface area contributed by atoms with Crippen molar-refractivity contribution in [3.05, 3.63) is 0 Å². The first-order valence-electron chi connectivity index (χ1n) is 6.81. The number of rotatable bonds is 6. The largest absolute Gasteiger partial charge is 0.314 e. The molecule has 1 aliphatic heterocycles. The first kappa shape index (κ1) is 11.4. The summed E-state index contributed by atoms with van der Waals surface area (Å²) in [4.78, 5) is 2.71. The summed E-state index contributed by atoms with van der Waals surface area (Å²) in [6, 6.07) is 0.884. The van der Waals surface area contributed by atoms with Crippen molar-refractivity contribution in [1.82, 2.24) is 10.2 Å². The maximum atomic E-state index is 3.68. The van der Waals surface area contributed by atoms with Crippen LogP contribution < -0.4 is 5.32 Å². The molecule has 0 amide bonds. The SMILES string of the molecule is CSC1(CN2CCC(CNC3CC3)C2)CC1. The molecule has 1 atom stereocenters. The maximum Gasteiger partial charge on any atom is 0.0285 e. The van der Waals surface area contributed by atoms with Crippen molar-refractivity contribution < 1.29 is 0 Å². The highest BCUT2D eigenvalue weighted by molar-refractivity contribution is 8.00. The first-order chi connectivity index (χ1) is 7.80. The van der Waals surface area contributed by atoms with E-state index in [1.807, 2.05) is 0 Å². The summed E-state index contributed by atoms with van der Waals surface area (Å²) in [7, 11) is 0. The summed E-state index contributed by atoms with van der Waals surface area (Å²) in [6.07, 6.45) is 9.46. The van der Waals surface area contributed by atoms with Crippen LogP contribution in [0.5, 0.6) is 0 Å². The third-order valence-corrected chi connectivity index (χ3v) is 5.80. The normalized spacial score (nSPS) is 33.2. The molecule has 3 aliphatic rings. The Bertz CT molecular complexity index is 248. The van der Waals surface area contributed by atoms with Crippen LogP contribution in [0, 0.1) is 5.92 Å². The number of hydrogen-bond acceptors (Lipinski definition) is 3. The van der Waals surface area contributed by atoms with Crippen molar-refractivity contribution in [2.75, 3.05) is 32.4 Å². The van der Waals surface area contributed by atoms with Gasteiger partial charge in [-0.2, -0.15) is 11.8 Å². The van der Waals surface area contributed by atoms with Crippen molar-refractivity contribution >= 4 is 11.8 Å². The molecule has 0 aromatic heterocycles. The van der Waals surface area contributed by atoms with E-state index >= 15 is 0 Å². The fraction of sp³-hybridized carbons (Fsp3) is 1.00. The monoisotopic (exact) mass is 240 g/mol. The minimum absolute atomic E-state index is 0.665. The molecule has 1 saturated heterocycles. The topological polar surface area (TPSA) is 15.3 Å². The Morgan fingerprint density at radius 2 is 2.12 bits per heavy atom. The molecule has 0 radical (unpaired) electrons. The quantitative estimate of drug-likeness (QED) is 0.764. The second-order valence-electron chi connectivity index (χ2n) is 5.96. The molecular formula is C13H24N2S. The van der Waals surface area contributed by atoms with Crippen molar-refractivity contribution in [3.8, 4) is 0 Å². The second-order valence-corrected chi connectivity index (χ2v) is 7.23. The second kappa shape index (κ2) is 4.51. The molecule has 92 valence electrons. The van der Waals surface area contributed by atoms with Gasteiger partial charge >= 0.3 is 0 Å². The lowest BCUT2D eigenvalue weighted by atomic mass is 10.1. The van der Waals surface area contributed by atoms with Crippen LogP contribution in [0.4, 0.5) is 0 Å². The van der Waals surface area contributed by atoms with E-state index in [1.165, 1.54) is 58.3 Å². The Morgan fingerprint density at radius 3 is 2.75 bits per heavy atom. The standard InChI is InChI=1S/C13H24N2S/c1-16-13(5-6-13)10-15-7-4-11(9-15)8-14-12-2-3-12/h11-12,14H,2-10H2,1H3. The van der Waals surface area contributed by atoms with E-state index in [0.717, 1.165) is 12.0 Å². The van der Waals surface area contributed by atoms with Gasteiger partial charge in [0.1, 0.15) is 0 Å². The van der Waals surface area contributed by atoms with Gasteiger partial charge in [0, 0.05) is 23.9 Å². The van der Waals surface area contributed by atoms with Gasteiger partial charge < -0.3 is 10.2 Å². The zero-order valence-corrected chi connectivity index (χ0v) is 11.2. The summed E-state index contributed by atoms with van der Waals surface area (Å²) >= 11 is 2.10. The lowest BCUT2D eigenvalue weighted by Gasteiger charge is -2.22. The van der Waals surface area contributed by atoms with Crippen LogP contribution in [0.3, 0.4) is 0 Å². The lowest BCUT2D eigenvalue weighted by molar-refractivity contribution is 0.318. The number of nitrogens with zero attached hydrogens (tertiary/aromatic N) is 1. The average molecular weight is 240 g/mol. The Hall–Kier alpha value is 0.270. The van der Waals surface area contributed by atoms with Crippen molar-refractivity contribution in [1.29, 1.82) is 0 Å². The number of thioether (sulfide) groups is 1. The minimum atomic E-state index is 0.665. The van der Waals surface area contributed by atoms with Gasteiger partial charge in [0.15, 0.2) is 0 Å². The van der Waals surface area contributed by atoms with Crippen LogP contribution in [0.2, 0.25) is 0 Å². The molecule has 3 rings (SSSR count). The molecule has 2 nitrogen and oxygen atoms in total. The fourth-order valence-corrected chi connectivity index (χ4v) is 3.64. The maximum absolute atomic E-state index is 3.68. The summed E-state index contributed by atoms with van der Waals surface area (Å²) in [5.74, 6) is 0.929. The highest BCUT2D eigenvalue weighted by atomic mass is 32.2. The van der Waals surface area contributed by atoms with Gasteiger partial charge in [0.05, 0.1) is 0 Å². The predicted molar refractivity (Wildman–Crippen MR) is 71.1 cm³/mol. The Kier molecular flexibility index (Phi) is 3.20. The zero-order chi connectivity index (χ0) is 11.0. The van der Waals surface area contributed by atoms with E-state index in [4.69, 9.17) is 0 Å². The van der Waals surface area contributed by atoms with Gasteiger partial charge in [-0.3, -0.25) is 0 Å². The van der Waals surface area contributed by atoms with E-state index in [-0.39, 0.29) is 0 Å². The predicted octanol–water partition coefficient (Wildman–Crippen LogP) is 1.96. The molecule has 0 aromatic rings. The summed E-state index contributed by atoms with van der Waals surface area (Å²) in [5.41, 5.74) is 0. The molecule has 1 heterocycles. The van der Waals surface area contributed by atoms with Crippen molar-refractivity contribution in [2.24, 2.45) is 5.92 Å². The van der Waals surface area contributed by atoms with E-state index in [2.05, 4.69) is 28.2 Å². The van der Waals surface area contributed by atoms with E-state index < -0.39 is 0 Å². The van der Waals surface area contributed by atoms with Crippen LogP contribution in [0.15, 0.2) is 0 Å². The molecule has 2 aliphatic carbocycles. The molecule has 0 spiro atoms. The first-order valence-corrected chi connectivity index (χ1v) is 8.03. The van der Waals surface area contributed by atoms with Gasteiger partial charge in [-0.05, 0) is 57.4 Å². The highest BCUT2D eigenvalue weighted by Gasteiger charge is 2.44. The Labute approximate surface area is 104 Å². The molecule has 0 bridgehead atoms. The molecular weight excluding hydrogens is 216 g/mol. The number of nitrogens with one attached hydrogen (secondary N) is 1. The van der Waals surface area contributed by atoms with Gasteiger partial charge in [-0.15, -0.1) is 0 Å². The molecule has 16 heavy (non-hydrogen) atoms. The Balaban J connectivity index is 1.38. The Morgan fingerprint density at radius 1 is 1.31 bits per heavy atom.